The van der Waals surface area contributed by atoms with E-state index in [0.717, 1.165) is 22.6 Å². The van der Waals surface area contributed by atoms with Gasteiger partial charge < -0.3 is 10.1 Å². The van der Waals surface area contributed by atoms with E-state index in [0.29, 0.717) is 13.0 Å². The molecule has 110 valence electrons. The predicted molar refractivity (Wildman–Crippen MR) is 83.0 cm³/mol. The van der Waals surface area contributed by atoms with E-state index in [1.807, 2.05) is 31.2 Å². The van der Waals surface area contributed by atoms with Crippen LogP contribution >= 0.6 is 0 Å². The normalized spacial score (nSPS) is 10.2. The fourth-order valence-electron chi connectivity index (χ4n) is 2.19. The van der Waals surface area contributed by atoms with Gasteiger partial charge in [0.1, 0.15) is 5.75 Å². The minimum absolute atomic E-state index is 0.172. The lowest BCUT2D eigenvalue weighted by Crippen LogP contribution is -2.07. The van der Waals surface area contributed by atoms with E-state index in [9.17, 15) is 10.1 Å². The molecular weight excluding hydrogens is 268 g/mol. The average Bonchev–Trinajstić information content (AvgIpc) is 2.49. The molecule has 0 aliphatic rings. The van der Waals surface area contributed by atoms with Crippen molar-refractivity contribution >= 4 is 11.4 Å². The summed E-state index contributed by atoms with van der Waals surface area (Å²) >= 11 is 0. The van der Waals surface area contributed by atoms with Crippen molar-refractivity contribution in [3.05, 3.63) is 63.7 Å². The maximum Gasteiger partial charge on any atom is 0.272 e. The van der Waals surface area contributed by atoms with Crippen molar-refractivity contribution in [3.8, 4) is 5.75 Å². The molecule has 5 heteroatoms. The second-order valence-electron chi connectivity index (χ2n) is 4.74. The number of hydrogen-bond donors (Lipinski definition) is 1. The van der Waals surface area contributed by atoms with Gasteiger partial charge in [-0.05, 0) is 37.1 Å². The summed E-state index contributed by atoms with van der Waals surface area (Å²) in [5.41, 5.74) is 3.00. The molecule has 0 fully saturated rings. The Bertz CT molecular complexity index is 641. The van der Waals surface area contributed by atoms with Gasteiger partial charge >= 0.3 is 0 Å². The molecule has 0 amide bonds. The van der Waals surface area contributed by atoms with Crippen LogP contribution in [0.4, 0.5) is 11.4 Å². The first-order chi connectivity index (χ1) is 10.1. The zero-order valence-electron chi connectivity index (χ0n) is 12.1. The number of nitro benzene ring substituents is 1. The number of anilines is 1. The van der Waals surface area contributed by atoms with Crippen molar-refractivity contribution in [2.45, 2.75) is 13.3 Å². The van der Waals surface area contributed by atoms with Crippen molar-refractivity contribution in [2.24, 2.45) is 0 Å². The number of nitrogens with zero attached hydrogens (tertiary/aromatic N) is 1. The third-order valence-electron chi connectivity index (χ3n) is 3.33. The van der Waals surface area contributed by atoms with Crippen molar-refractivity contribution in [3.63, 3.8) is 0 Å². The molecule has 21 heavy (non-hydrogen) atoms. The number of rotatable bonds is 6. The lowest BCUT2D eigenvalue weighted by Gasteiger charge is -2.11. The minimum Gasteiger partial charge on any atom is -0.497 e. The van der Waals surface area contributed by atoms with Gasteiger partial charge in [-0.3, -0.25) is 10.1 Å². The Hall–Kier alpha value is -2.56. The fourth-order valence-corrected chi connectivity index (χ4v) is 2.19. The molecule has 2 aromatic rings. The molecule has 2 aromatic carbocycles. The Balaban J connectivity index is 2.00. The molecule has 0 spiro atoms. The fraction of sp³-hybridized carbons (Fsp3) is 0.250. The summed E-state index contributed by atoms with van der Waals surface area (Å²) in [6, 6.07) is 12.6. The van der Waals surface area contributed by atoms with Crippen LogP contribution in [0.1, 0.15) is 11.1 Å². The first-order valence-electron chi connectivity index (χ1n) is 6.72. The molecule has 0 aromatic heterocycles. The maximum atomic E-state index is 11.0. The van der Waals surface area contributed by atoms with Crippen molar-refractivity contribution < 1.29 is 9.66 Å². The number of nitrogens with one attached hydrogen (secondary N) is 1. The standard InChI is InChI=1S/C16H18N2O3/c1-12-11-14(21-2)7-8-15(12)17-10-9-13-5-3-4-6-16(13)18(19)20/h3-8,11,17H,9-10H2,1-2H3. The molecule has 0 unspecified atom stereocenters. The molecule has 0 atom stereocenters. The van der Waals surface area contributed by atoms with Gasteiger partial charge in [0, 0.05) is 23.9 Å². The number of hydrogen-bond acceptors (Lipinski definition) is 4. The molecule has 0 aliphatic carbocycles. The molecule has 1 N–H and O–H groups in total. The van der Waals surface area contributed by atoms with Crippen LogP contribution in [-0.4, -0.2) is 18.6 Å². The number of nitro groups is 1. The lowest BCUT2D eigenvalue weighted by atomic mass is 10.1. The Morgan fingerprint density at radius 2 is 2.00 bits per heavy atom. The minimum atomic E-state index is -0.339. The van der Waals surface area contributed by atoms with Crippen LogP contribution in [0.25, 0.3) is 0 Å². The Labute approximate surface area is 123 Å². The zero-order valence-corrected chi connectivity index (χ0v) is 12.1. The van der Waals surface area contributed by atoms with Crippen molar-refractivity contribution in [2.75, 3.05) is 19.0 Å². The molecular formula is C16H18N2O3. The highest BCUT2D eigenvalue weighted by Gasteiger charge is 2.11. The van der Waals surface area contributed by atoms with E-state index in [1.165, 1.54) is 6.07 Å². The number of benzene rings is 2. The molecule has 0 saturated heterocycles. The second kappa shape index (κ2) is 6.74. The molecule has 0 radical (unpaired) electrons. The first kappa shape index (κ1) is 14.8. The summed E-state index contributed by atoms with van der Waals surface area (Å²) in [5, 5.41) is 14.3. The number of methoxy groups -OCH3 is 1. The maximum absolute atomic E-state index is 11.0. The summed E-state index contributed by atoms with van der Waals surface area (Å²) in [7, 11) is 1.64. The Morgan fingerprint density at radius 1 is 1.24 bits per heavy atom. The molecule has 0 saturated carbocycles. The van der Waals surface area contributed by atoms with Gasteiger partial charge in [-0.1, -0.05) is 18.2 Å². The third-order valence-corrected chi connectivity index (χ3v) is 3.33. The third kappa shape index (κ3) is 3.72. The summed E-state index contributed by atoms with van der Waals surface area (Å²) < 4.78 is 5.16. The van der Waals surface area contributed by atoms with E-state index in [2.05, 4.69) is 5.32 Å². The molecule has 0 heterocycles. The highest BCUT2D eigenvalue weighted by Crippen LogP contribution is 2.22. The van der Waals surface area contributed by atoms with Crippen LogP contribution in [0.2, 0.25) is 0 Å². The predicted octanol–water partition coefficient (Wildman–Crippen LogP) is 3.57. The average molecular weight is 286 g/mol. The first-order valence-corrected chi connectivity index (χ1v) is 6.72. The molecule has 5 nitrogen and oxygen atoms in total. The summed E-state index contributed by atoms with van der Waals surface area (Å²) in [4.78, 5) is 10.6. The Kier molecular flexibility index (Phi) is 4.77. The molecule has 0 bridgehead atoms. The molecule has 0 aliphatic heterocycles. The second-order valence-corrected chi connectivity index (χ2v) is 4.74. The largest absolute Gasteiger partial charge is 0.497 e. The van der Waals surface area contributed by atoms with E-state index in [-0.39, 0.29) is 10.6 Å². The van der Waals surface area contributed by atoms with Crippen LogP contribution in [0.15, 0.2) is 42.5 Å². The molecule has 2 rings (SSSR count). The van der Waals surface area contributed by atoms with Crippen molar-refractivity contribution in [1.82, 2.24) is 0 Å². The summed E-state index contributed by atoms with van der Waals surface area (Å²) in [5.74, 6) is 0.816. The van der Waals surface area contributed by atoms with Crippen LogP contribution in [0.5, 0.6) is 5.75 Å². The van der Waals surface area contributed by atoms with E-state index in [1.54, 1.807) is 19.2 Å². The topological polar surface area (TPSA) is 64.4 Å². The van der Waals surface area contributed by atoms with Gasteiger partial charge in [-0.25, -0.2) is 0 Å². The Morgan fingerprint density at radius 3 is 2.67 bits per heavy atom. The number of para-hydroxylation sites is 1. The summed E-state index contributed by atoms with van der Waals surface area (Å²) in [6.45, 7) is 2.63. The number of ether oxygens (including phenoxy) is 1. The van der Waals surface area contributed by atoms with Crippen LogP contribution in [-0.2, 0) is 6.42 Å². The van der Waals surface area contributed by atoms with E-state index >= 15 is 0 Å². The van der Waals surface area contributed by atoms with Crippen LogP contribution in [0.3, 0.4) is 0 Å². The van der Waals surface area contributed by atoms with Crippen LogP contribution in [0, 0.1) is 17.0 Å². The van der Waals surface area contributed by atoms with Gasteiger partial charge in [0.15, 0.2) is 0 Å². The monoisotopic (exact) mass is 286 g/mol. The van der Waals surface area contributed by atoms with Crippen LogP contribution < -0.4 is 10.1 Å². The van der Waals surface area contributed by atoms with Gasteiger partial charge in [-0.15, -0.1) is 0 Å². The van der Waals surface area contributed by atoms with Gasteiger partial charge in [-0.2, -0.15) is 0 Å². The quantitative estimate of drug-likeness (QED) is 0.651. The summed E-state index contributed by atoms with van der Waals surface area (Å²) in [6.07, 6.45) is 0.600. The van der Waals surface area contributed by atoms with Gasteiger partial charge in [0.05, 0.1) is 12.0 Å². The zero-order chi connectivity index (χ0) is 15.2. The van der Waals surface area contributed by atoms with Gasteiger partial charge in [0.25, 0.3) is 5.69 Å². The lowest BCUT2D eigenvalue weighted by molar-refractivity contribution is -0.385. The highest BCUT2D eigenvalue weighted by atomic mass is 16.6. The van der Waals surface area contributed by atoms with Gasteiger partial charge in [0.2, 0.25) is 0 Å². The van der Waals surface area contributed by atoms with Crippen molar-refractivity contribution in [1.29, 1.82) is 0 Å². The van der Waals surface area contributed by atoms with E-state index in [4.69, 9.17) is 4.74 Å². The SMILES string of the molecule is COc1ccc(NCCc2ccccc2[N+](=O)[O-])c(C)c1. The number of aryl methyl sites for hydroxylation is 1. The highest BCUT2D eigenvalue weighted by molar-refractivity contribution is 5.53. The van der Waals surface area contributed by atoms with E-state index < -0.39 is 0 Å². The smallest absolute Gasteiger partial charge is 0.272 e.